The largest absolute Gasteiger partial charge is 0.497 e. The SMILES string of the molecule is COc1ccc(CCc2nnc(NC(=O)c3ccccc3)s2)cc1. The highest BCUT2D eigenvalue weighted by atomic mass is 32.1. The Bertz CT molecular complexity index is 801. The number of amides is 1. The van der Waals surface area contributed by atoms with E-state index in [0.29, 0.717) is 10.7 Å². The summed E-state index contributed by atoms with van der Waals surface area (Å²) >= 11 is 1.40. The second kappa shape index (κ2) is 7.70. The minimum Gasteiger partial charge on any atom is -0.497 e. The van der Waals surface area contributed by atoms with Gasteiger partial charge in [0.25, 0.3) is 5.91 Å². The number of carbonyl (C=O) groups is 1. The number of ether oxygens (including phenoxy) is 1. The van der Waals surface area contributed by atoms with Crippen LogP contribution in [0.2, 0.25) is 0 Å². The van der Waals surface area contributed by atoms with Gasteiger partial charge in [0.15, 0.2) is 0 Å². The van der Waals surface area contributed by atoms with Crippen LogP contribution in [0.25, 0.3) is 0 Å². The molecule has 3 rings (SSSR count). The third-order valence-electron chi connectivity index (χ3n) is 3.51. The molecule has 1 aromatic heterocycles. The van der Waals surface area contributed by atoms with Crippen molar-refractivity contribution in [2.24, 2.45) is 0 Å². The first kappa shape index (κ1) is 16.1. The predicted molar refractivity (Wildman–Crippen MR) is 94.7 cm³/mol. The van der Waals surface area contributed by atoms with E-state index in [4.69, 9.17) is 4.74 Å². The maximum atomic E-state index is 12.1. The summed E-state index contributed by atoms with van der Waals surface area (Å²) < 4.78 is 5.15. The molecule has 2 aromatic carbocycles. The van der Waals surface area contributed by atoms with E-state index < -0.39 is 0 Å². The highest BCUT2D eigenvalue weighted by Crippen LogP contribution is 2.19. The highest BCUT2D eigenvalue weighted by Gasteiger charge is 2.10. The lowest BCUT2D eigenvalue weighted by Gasteiger charge is -2.02. The van der Waals surface area contributed by atoms with Gasteiger partial charge in [0.1, 0.15) is 10.8 Å². The van der Waals surface area contributed by atoms with Gasteiger partial charge in [0, 0.05) is 12.0 Å². The first-order valence-electron chi connectivity index (χ1n) is 7.56. The van der Waals surface area contributed by atoms with Crippen LogP contribution < -0.4 is 10.1 Å². The summed E-state index contributed by atoms with van der Waals surface area (Å²) in [6.45, 7) is 0. The molecule has 122 valence electrons. The van der Waals surface area contributed by atoms with Crippen LogP contribution >= 0.6 is 11.3 Å². The Balaban J connectivity index is 1.56. The zero-order chi connectivity index (χ0) is 16.8. The van der Waals surface area contributed by atoms with Gasteiger partial charge in [0.2, 0.25) is 5.13 Å². The summed E-state index contributed by atoms with van der Waals surface area (Å²) in [4.78, 5) is 12.1. The molecular formula is C18H17N3O2S. The van der Waals surface area contributed by atoms with Gasteiger partial charge in [-0.2, -0.15) is 0 Å². The molecule has 0 saturated carbocycles. The molecule has 0 saturated heterocycles. The summed E-state index contributed by atoms with van der Waals surface area (Å²) in [5.41, 5.74) is 1.81. The maximum Gasteiger partial charge on any atom is 0.257 e. The first-order valence-corrected chi connectivity index (χ1v) is 8.38. The number of aromatic nitrogens is 2. The molecule has 3 aromatic rings. The highest BCUT2D eigenvalue weighted by molar-refractivity contribution is 7.15. The lowest BCUT2D eigenvalue weighted by Crippen LogP contribution is -2.11. The molecule has 1 amide bonds. The Morgan fingerprint density at radius 3 is 2.50 bits per heavy atom. The molecule has 1 heterocycles. The average Bonchev–Trinajstić information content (AvgIpc) is 3.08. The van der Waals surface area contributed by atoms with Crippen molar-refractivity contribution in [3.05, 3.63) is 70.7 Å². The van der Waals surface area contributed by atoms with Crippen LogP contribution in [0, 0.1) is 0 Å². The molecule has 0 unspecified atom stereocenters. The van der Waals surface area contributed by atoms with Crippen molar-refractivity contribution in [3.8, 4) is 5.75 Å². The number of benzene rings is 2. The number of anilines is 1. The fourth-order valence-electron chi connectivity index (χ4n) is 2.21. The van der Waals surface area contributed by atoms with Gasteiger partial charge in [-0.25, -0.2) is 0 Å². The van der Waals surface area contributed by atoms with Crippen LogP contribution in [0.4, 0.5) is 5.13 Å². The molecule has 1 N–H and O–H groups in total. The topological polar surface area (TPSA) is 64.1 Å². The van der Waals surface area contributed by atoms with E-state index in [-0.39, 0.29) is 5.91 Å². The van der Waals surface area contributed by atoms with E-state index in [1.165, 1.54) is 16.9 Å². The number of aryl methyl sites for hydroxylation is 2. The van der Waals surface area contributed by atoms with Crippen LogP contribution in [0.15, 0.2) is 54.6 Å². The van der Waals surface area contributed by atoms with Gasteiger partial charge in [-0.05, 0) is 36.2 Å². The average molecular weight is 339 g/mol. The monoisotopic (exact) mass is 339 g/mol. The third kappa shape index (κ3) is 4.17. The van der Waals surface area contributed by atoms with E-state index in [2.05, 4.69) is 15.5 Å². The van der Waals surface area contributed by atoms with Gasteiger partial charge < -0.3 is 4.74 Å². The number of hydrogen-bond donors (Lipinski definition) is 1. The van der Waals surface area contributed by atoms with E-state index in [9.17, 15) is 4.79 Å². The molecule has 0 radical (unpaired) electrons. The Morgan fingerprint density at radius 1 is 1.04 bits per heavy atom. The van der Waals surface area contributed by atoms with Crippen molar-refractivity contribution in [1.82, 2.24) is 10.2 Å². The van der Waals surface area contributed by atoms with Crippen molar-refractivity contribution in [3.63, 3.8) is 0 Å². The van der Waals surface area contributed by atoms with Gasteiger partial charge in [0.05, 0.1) is 7.11 Å². The fourth-order valence-corrected chi connectivity index (χ4v) is 2.94. The number of rotatable bonds is 6. The smallest absolute Gasteiger partial charge is 0.257 e. The molecule has 0 aliphatic rings. The Kier molecular flexibility index (Phi) is 5.18. The van der Waals surface area contributed by atoms with Gasteiger partial charge >= 0.3 is 0 Å². The van der Waals surface area contributed by atoms with E-state index in [1.54, 1.807) is 19.2 Å². The van der Waals surface area contributed by atoms with Crippen molar-refractivity contribution in [2.45, 2.75) is 12.8 Å². The van der Waals surface area contributed by atoms with Gasteiger partial charge in [-0.1, -0.05) is 41.7 Å². The lowest BCUT2D eigenvalue weighted by atomic mass is 10.1. The molecule has 0 atom stereocenters. The molecule has 0 bridgehead atoms. The predicted octanol–water partition coefficient (Wildman–Crippen LogP) is 3.58. The van der Waals surface area contributed by atoms with Crippen LogP contribution in [0.1, 0.15) is 20.9 Å². The van der Waals surface area contributed by atoms with Gasteiger partial charge in [-0.3, -0.25) is 10.1 Å². The molecule has 5 nitrogen and oxygen atoms in total. The quantitative estimate of drug-likeness (QED) is 0.745. The van der Waals surface area contributed by atoms with Crippen molar-refractivity contribution in [1.29, 1.82) is 0 Å². The summed E-state index contributed by atoms with van der Waals surface area (Å²) in [5.74, 6) is 0.675. The van der Waals surface area contributed by atoms with E-state index in [1.807, 2.05) is 42.5 Å². The summed E-state index contributed by atoms with van der Waals surface area (Å²) in [6, 6.07) is 17.0. The lowest BCUT2D eigenvalue weighted by molar-refractivity contribution is 0.102. The van der Waals surface area contributed by atoms with E-state index >= 15 is 0 Å². The van der Waals surface area contributed by atoms with Crippen LogP contribution in [0.5, 0.6) is 5.75 Å². The maximum absolute atomic E-state index is 12.1. The minimum absolute atomic E-state index is 0.173. The van der Waals surface area contributed by atoms with Crippen molar-refractivity contribution < 1.29 is 9.53 Å². The number of methoxy groups -OCH3 is 1. The molecule has 0 aliphatic carbocycles. The molecule has 0 aliphatic heterocycles. The number of carbonyl (C=O) groups excluding carboxylic acids is 1. The molecule has 24 heavy (non-hydrogen) atoms. The zero-order valence-electron chi connectivity index (χ0n) is 13.2. The first-order chi connectivity index (χ1) is 11.7. The Morgan fingerprint density at radius 2 is 1.79 bits per heavy atom. The third-order valence-corrected chi connectivity index (χ3v) is 4.41. The molecule has 0 fully saturated rings. The zero-order valence-corrected chi connectivity index (χ0v) is 14.0. The second-order valence-corrected chi connectivity index (χ2v) is 6.23. The molecular weight excluding hydrogens is 322 g/mol. The standard InChI is InChI=1S/C18H17N3O2S/c1-23-15-10-7-13(8-11-15)9-12-16-20-21-18(24-16)19-17(22)14-5-3-2-4-6-14/h2-8,10-11H,9,12H2,1H3,(H,19,21,22). The van der Waals surface area contributed by atoms with Gasteiger partial charge in [-0.15, -0.1) is 10.2 Å². The summed E-state index contributed by atoms with van der Waals surface area (Å²) in [6.07, 6.45) is 1.65. The second-order valence-electron chi connectivity index (χ2n) is 5.17. The number of nitrogens with one attached hydrogen (secondary N) is 1. The fraction of sp³-hybridized carbons (Fsp3) is 0.167. The normalized spacial score (nSPS) is 10.4. The molecule has 0 spiro atoms. The van der Waals surface area contributed by atoms with Crippen LogP contribution in [0.3, 0.4) is 0 Å². The number of nitrogens with zero attached hydrogens (tertiary/aromatic N) is 2. The van der Waals surface area contributed by atoms with E-state index in [0.717, 1.165) is 23.6 Å². The van der Waals surface area contributed by atoms with Crippen molar-refractivity contribution >= 4 is 22.4 Å². The van der Waals surface area contributed by atoms with Crippen LogP contribution in [-0.4, -0.2) is 23.2 Å². The molecule has 6 heteroatoms. The number of hydrogen-bond acceptors (Lipinski definition) is 5. The summed E-state index contributed by atoms with van der Waals surface area (Å²) in [5, 5.41) is 12.4. The van der Waals surface area contributed by atoms with Crippen LogP contribution in [-0.2, 0) is 12.8 Å². The Labute approximate surface area is 144 Å². The minimum atomic E-state index is -0.173. The Hall–Kier alpha value is -2.73. The van der Waals surface area contributed by atoms with Crippen molar-refractivity contribution in [2.75, 3.05) is 12.4 Å². The summed E-state index contributed by atoms with van der Waals surface area (Å²) in [7, 11) is 1.65.